The molecule has 1 saturated carbocycles. The van der Waals surface area contributed by atoms with Gasteiger partial charge in [-0.15, -0.1) is 0 Å². The zero-order valence-electron chi connectivity index (χ0n) is 19.2. The highest BCUT2D eigenvalue weighted by atomic mass is 32.2. The molecule has 0 spiro atoms. The second-order valence-corrected chi connectivity index (χ2v) is 10.1. The largest absolute Gasteiger partial charge is 0.353 e. The molecule has 10 heteroatoms. The number of carbonyl (C=O) groups is 4. The van der Waals surface area contributed by atoms with Crippen LogP contribution >= 0.6 is 11.8 Å². The highest BCUT2D eigenvalue weighted by Gasteiger charge is 2.33. The maximum absolute atomic E-state index is 12.4. The van der Waals surface area contributed by atoms with Crippen molar-refractivity contribution in [2.75, 3.05) is 25.0 Å². The Hall–Kier alpha value is -2.88. The number of hydrogen-bond donors (Lipinski definition) is 3. The highest BCUT2D eigenvalue weighted by molar-refractivity contribution is 8.15. The van der Waals surface area contributed by atoms with E-state index in [4.69, 9.17) is 0 Å². The van der Waals surface area contributed by atoms with E-state index in [9.17, 15) is 19.2 Å². The van der Waals surface area contributed by atoms with Crippen LogP contribution in [-0.4, -0.2) is 64.6 Å². The lowest BCUT2D eigenvalue weighted by molar-refractivity contribution is -0.121. The summed E-state index contributed by atoms with van der Waals surface area (Å²) in [5.74, 6) is -0.839. The van der Waals surface area contributed by atoms with Crippen molar-refractivity contribution in [3.63, 3.8) is 0 Å². The van der Waals surface area contributed by atoms with Gasteiger partial charge in [0, 0.05) is 49.8 Å². The number of carbonyl (C=O) groups excluding carboxylic acids is 4. The molecule has 1 aromatic rings. The van der Waals surface area contributed by atoms with Crippen molar-refractivity contribution in [1.29, 1.82) is 0 Å². The number of rotatable bonds is 8. The lowest BCUT2D eigenvalue weighted by Gasteiger charge is -2.16. The minimum Gasteiger partial charge on any atom is -0.353 e. The first-order chi connectivity index (χ1) is 16.5. The smallest absolute Gasteiger partial charge is 0.262 e. The molecule has 3 N–H and O–H groups in total. The van der Waals surface area contributed by atoms with Crippen LogP contribution in [0.1, 0.15) is 61.7 Å². The van der Waals surface area contributed by atoms with E-state index in [1.165, 1.54) is 11.8 Å². The van der Waals surface area contributed by atoms with Gasteiger partial charge in [0.15, 0.2) is 5.17 Å². The molecule has 4 rings (SSSR count). The molecular weight excluding hydrogens is 454 g/mol. The molecule has 2 heterocycles. The van der Waals surface area contributed by atoms with Gasteiger partial charge in [0.05, 0.1) is 0 Å². The molecule has 2 aliphatic heterocycles. The minimum absolute atomic E-state index is 0.0397. The topological polar surface area (TPSA) is 120 Å². The van der Waals surface area contributed by atoms with Crippen molar-refractivity contribution in [1.82, 2.24) is 15.5 Å². The van der Waals surface area contributed by atoms with Crippen LogP contribution in [0.15, 0.2) is 29.3 Å². The Kier molecular flexibility index (Phi) is 8.21. The van der Waals surface area contributed by atoms with Crippen molar-refractivity contribution in [3.8, 4) is 0 Å². The molecule has 0 aromatic heterocycles. The maximum atomic E-state index is 12.4. The molecule has 0 bridgehead atoms. The SMILES string of the molecule is O=C(CC1SC(N2CCCC2)=NC1=O)Nc1ccc(C(=O)NCCC(=O)NC2CCCC2)cc1. The van der Waals surface area contributed by atoms with Crippen LogP contribution in [0.25, 0.3) is 0 Å². The van der Waals surface area contributed by atoms with Gasteiger partial charge in [-0.25, -0.2) is 0 Å². The summed E-state index contributed by atoms with van der Waals surface area (Å²) in [6, 6.07) is 6.81. The van der Waals surface area contributed by atoms with Crippen LogP contribution in [0.4, 0.5) is 5.69 Å². The van der Waals surface area contributed by atoms with Crippen molar-refractivity contribution < 1.29 is 19.2 Å². The van der Waals surface area contributed by atoms with E-state index in [1.807, 2.05) is 0 Å². The van der Waals surface area contributed by atoms with Gasteiger partial charge >= 0.3 is 0 Å². The third-order valence-electron chi connectivity index (χ3n) is 6.27. The lowest BCUT2D eigenvalue weighted by atomic mass is 10.2. The molecule has 2 fully saturated rings. The Morgan fingerprint density at radius 1 is 1.00 bits per heavy atom. The number of benzene rings is 1. The molecule has 1 aromatic carbocycles. The van der Waals surface area contributed by atoms with E-state index < -0.39 is 5.25 Å². The van der Waals surface area contributed by atoms with E-state index in [-0.39, 0.29) is 49.1 Å². The third-order valence-corrected chi connectivity index (χ3v) is 7.48. The number of amides is 4. The number of aliphatic imine (C=N–C) groups is 1. The van der Waals surface area contributed by atoms with Gasteiger partial charge in [0.1, 0.15) is 5.25 Å². The Balaban J connectivity index is 1.17. The van der Waals surface area contributed by atoms with Gasteiger partial charge < -0.3 is 20.9 Å². The van der Waals surface area contributed by atoms with Gasteiger partial charge in [-0.1, -0.05) is 24.6 Å². The van der Waals surface area contributed by atoms with Crippen LogP contribution in [0.2, 0.25) is 0 Å². The molecule has 1 saturated heterocycles. The predicted molar refractivity (Wildman–Crippen MR) is 132 cm³/mol. The average Bonchev–Trinajstić information content (AvgIpc) is 3.58. The second-order valence-electron chi connectivity index (χ2n) is 8.92. The van der Waals surface area contributed by atoms with Gasteiger partial charge in [0.25, 0.3) is 11.8 Å². The van der Waals surface area contributed by atoms with E-state index in [0.29, 0.717) is 11.3 Å². The Labute approximate surface area is 203 Å². The number of amidine groups is 1. The first-order valence-electron chi connectivity index (χ1n) is 12.0. The van der Waals surface area contributed by atoms with Crippen molar-refractivity contribution in [2.45, 2.75) is 62.7 Å². The van der Waals surface area contributed by atoms with Gasteiger partial charge in [-0.05, 0) is 49.9 Å². The average molecular weight is 486 g/mol. The van der Waals surface area contributed by atoms with E-state index in [0.717, 1.165) is 56.8 Å². The Bertz CT molecular complexity index is 953. The fraction of sp³-hybridized carbons (Fsp3) is 0.542. The molecule has 182 valence electrons. The van der Waals surface area contributed by atoms with Crippen molar-refractivity contribution in [3.05, 3.63) is 29.8 Å². The molecule has 3 aliphatic rings. The summed E-state index contributed by atoms with van der Waals surface area (Å²) in [5.41, 5.74) is 0.994. The summed E-state index contributed by atoms with van der Waals surface area (Å²) in [6.45, 7) is 2.09. The van der Waals surface area contributed by atoms with Gasteiger partial charge in [-0.2, -0.15) is 4.99 Å². The zero-order chi connectivity index (χ0) is 23.9. The fourth-order valence-corrected chi connectivity index (χ4v) is 5.52. The standard InChI is InChI=1S/C24H31N5O4S/c30-20(26-17-5-1-2-6-17)11-12-25-22(32)16-7-9-18(10-8-16)27-21(31)15-19-23(33)28-24(34-19)29-13-3-4-14-29/h7-10,17,19H,1-6,11-15H2,(H,25,32)(H,26,30)(H,27,31). The van der Waals surface area contributed by atoms with Crippen LogP contribution in [0.5, 0.6) is 0 Å². The number of nitrogens with one attached hydrogen (secondary N) is 3. The maximum Gasteiger partial charge on any atom is 0.262 e. The van der Waals surface area contributed by atoms with Gasteiger partial charge in [-0.3, -0.25) is 19.2 Å². The number of hydrogen-bond acceptors (Lipinski definition) is 6. The summed E-state index contributed by atoms with van der Waals surface area (Å²) in [6.07, 6.45) is 6.88. The number of thioether (sulfide) groups is 1. The fourth-order valence-electron chi connectivity index (χ4n) is 4.40. The highest BCUT2D eigenvalue weighted by Crippen LogP contribution is 2.29. The normalized spacial score (nSPS) is 20.4. The van der Waals surface area contributed by atoms with Crippen LogP contribution in [0.3, 0.4) is 0 Å². The lowest BCUT2D eigenvalue weighted by Crippen LogP contribution is -2.35. The van der Waals surface area contributed by atoms with Crippen molar-refractivity contribution >= 4 is 46.2 Å². The molecule has 4 amide bonds. The molecular formula is C24H31N5O4S. The quantitative estimate of drug-likeness (QED) is 0.520. The number of anilines is 1. The van der Waals surface area contributed by atoms with E-state index in [1.54, 1.807) is 24.3 Å². The van der Waals surface area contributed by atoms with E-state index >= 15 is 0 Å². The summed E-state index contributed by atoms with van der Waals surface area (Å²) in [7, 11) is 0. The summed E-state index contributed by atoms with van der Waals surface area (Å²) >= 11 is 1.36. The second kappa shape index (κ2) is 11.5. The number of likely N-dealkylation sites (tertiary alicyclic amines) is 1. The zero-order valence-corrected chi connectivity index (χ0v) is 20.0. The van der Waals surface area contributed by atoms with E-state index in [2.05, 4.69) is 25.8 Å². The molecule has 0 radical (unpaired) electrons. The first kappa shape index (κ1) is 24.3. The van der Waals surface area contributed by atoms with Crippen LogP contribution in [0, 0.1) is 0 Å². The molecule has 34 heavy (non-hydrogen) atoms. The third kappa shape index (κ3) is 6.59. The Morgan fingerprint density at radius 2 is 1.71 bits per heavy atom. The molecule has 9 nitrogen and oxygen atoms in total. The molecule has 1 atom stereocenters. The van der Waals surface area contributed by atoms with Crippen LogP contribution < -0.4 is 16.0 Å². The number of nitrogens with zero attached hydrogens (tertiary/aromatic N) is 2. The van der Waals surface area contributed by atoms with Crippen LogP contribution in [-0.2, 0) is 14.4 Å². The summed E-state index contributed by atoms with van der Waals surface area (Å²) < 4.78 is 0. The molecule has 1 unspecified atom stereocenters. The monoisotopic (exact) mass is 485 g/mol. The predicted octanol–water partition coefficient (Wildman–Crippen LogP) is 2.29. The molecule has 1 aliphatic carbocycles. The summed E-state index contributed by atoms with van der Waals surface area (Å²) in [4.78, 5) is 55.1. The Morgan fingerprint density at radius 3 is 2.41 bits per heavy atom. The summed E-state index contributed by atoms with van der Waals surface area (Å²) in [5, 5.41) is 8.76. The first-order valence-corrected chi connectivity index (χ1v) is 12.9. The minimum atomic E-state index is -0.494. The van der Waals surface area contributed by atoms with Gasteiger partial charge in [0.2, 0.25) is 11.8 Å². The van der Waals surface area contributed by atoms with Crippen molar-refractivity contribution in [2.24, 2.45) is 4.99 Å².